The van der Waals surface area contributed by atoms with E-state index in [1.54, 1.807) is 0 Å². The molecular formula is C25H18F6O4. The summed E-state index contributed by atoms with van der Waals surface area (Å²) >= 11 is 0. The third-order valence-corrected chi connectivity index (χ3v) is 5.40. The summed E-state index contributed by atoms with van der Waals surface area (Å²) in [4.78, 5) is 23.6. The molecule has 3 aromatic carbocycles. The highest BCUT2D eigenvalue weighted by molar-refractivity contribution is 5.96. The van der Waals surface area contributed by atoms with Crippen LogP contribution in [-0.2, 0) is 5.41 Å². The Labute approximate surface area is 196 Å². The third-order valence-electron chi connectivity index (χ3n) is 5.40. The topological polar surface area (TPSA) is 52.6 Å². The van der Waals surface area contributed by atoms with Crippen LogP contribution in [0, 0.1) is 0 Å². The van der Waals surface area contributed by atoms with Crippen LogP contribution in [0.1, 0.15) is 38.8 Å². The minimum absolute atomic E-state index is 0.0391. The number of methoxy groups -OCH3 is 1. The predicted molar refractivity (Wildman–Crippen MR) is 114 cm³/mol. The Hall–Kier alpha value is -3.82. The molecule has 3 rings (SSSR count). The van der Waals surface area contributed by atoms with Crippen LogP contribution >= 0.6 is 0 Å². The fourth-order valence-electron chi connectivity index (χ4n) is 3.60. The van der Waals surface area contributed by atoms with Gasteiger partial charge in [-0.3, -0.25) is 4.79 Å². The van der Waals surface area contributed by atoms with E-state index in [9.17, 15) is 35.9 Å². The largest absolute Gasteiger partial charge is 0.497 e. The fraction of sp³-hybridized carbons (Fsp3) is 0.200. The van der Waals surface area contributed by atoms with Crippen LogP contribution < -0.4 is 9.47 Å². The first-order valence-electron chi connectivity index (χ1n) is 10.0. The van der Waals surface area contributed by atoms with Crippen molar-refractivity contribution in [2.45, 2.75) is 24.7 Å². The molecule has 184 valence electrons. The molecule has 0 aliphatic rings. The molecule has 0 spiro atoms. The number of alkyl halides is 6. The smallest absolute Gasteiger partial charge is 0.411 e. The van der Waals surface area contributed by atoms with Crippen LogP contribution in [0.5, 0.6) is 11.5 Å². The second-order valence-electron chi connectivity index (χ2n) is 7.52. The average Bonchev–Trinajstić information content (AvgIpc) is 2.79. The van der Waals surface area contributed by atoms with Crippen molar-refractivity contribution in [2.75, 3.05) is 7.11 Å². The molecule has 0 radical (unpaired) electrons. The summed E-state index contributed by atoms with van der Waals surface area (Å²) < 4.78 is 95.0. The molecule has 0 unspecified atom stereocenters. The van der Waals surface area contributed by atoms with Crippen LogP contribution in [0.25, 0.3) is 0 Å². The first-order chi connectivity index (χ1) is 16.3. The molecular weight excluding hydrogens is 478 g/mol. The van der Waals surface area contributed by atoms with Gasteiger partial charge in [-0.05, 0) is 54.4 Å². The van der Waals surface area contributed by atoms with Gasteiger partial charge >= 0.3 is 18.3 Å². The molecule has 0 atom stereocenters. The molecule has 35 heavy (non-hydrogen) atoms. The lowest BCUT2D eigenvalue weighted by molar-refractivity contribution is -0.288. The first-order valence-corrected chi connectivity index (χ1v) is 10.0. The Morgan fingerprint density at radius 2 is 1.03 bits per heavy atom. The van der Waals surface area contributed by atoms with E-state index in [1.165, 1.54) is 38.3 Å². The van der Waals surface area contributed by atoms with Crippen molar-refractivity contribution in [3.63, 3.8) is 0 Å². The zero-order chi connectivity index (χ0) is 26.0. The molecule has 0 saturated heterocycles. The van der Waals surface area contributed by atoms with Crippen LogP contribution in [0.4, 0.5) is 26.3 Å². The molecule has 4 nitrogen and oxygen atoms in total. The van der Waals surface area contributed by atoms with Crippen molar-refractivity contribution >= 4 is 11.8 Å². The van der Waals surface area contributed by atoms with E-state index in [4.69, 9.17) is 9.47 Å². The number of ether oxygens (including phenoxy) is 2. The standard InChI is InChI=1S/C25H18F6O4/c1-15(32)16-3-5-17(6-4-16)22(33)35-21-13-9-19(10-14-21)23(24(26,27)28,25(29,30)31)18-7-11-20(34-2)12-8-18/h3-14H,1-2H3. The van der Waals surface area contributed by atoms with Crippen molar-refractivity contribution in [1.82, 2.24) is 0 Å². The highest BCUT2D eigenvalue weighted by atomic mass is 19.4. The summed E-state index contributed by atoms with van der Waals surface area (Å²) in [6.07, 6.45) is -11.5. The minimum Gasteiger partial charge on any atom is -0.497 e. The van der Waals surface area contributed by atoms with Gasteiger partial charge < -0.3 is 9.47 Å². The number of ketones is 1. The van der Waals surface area contributed by atoms with Crippen molar-refractivity contribution in [3.05, 3.63) is 95.1 Å². The maximum absolute atomic E-state index is 14.2. The van der Waals surface area contributed by atoms with Crippen molar-refractivity contribution in [2.24, 2.45) is 0 Å². The summed E-state index contributed by atoms with van der Waals surface area (Å²) in [5.41, 5.74) is -6.10. The van der Waals surface area contributed by atoms with Gasteiger partial charge in [-0.1, -0.05) is 36.4 Å². The van der Waals surface area contributed by atoms with E-state index in [1.807, 2.05) is 0 Å². The summed E-state index contributed by atoms with van der Waals surface area (Å²) in [7, 11) is 1.23. The number of benzene rings is 3. The lowest BCUT2D eigenvalue weighted by Crippen LogP contribution is -2.54. The molecule has 0 heterocycles. The summed E-state index contributed by atoms with van der Waals surface area (Å²) in [5.74, 6) is -1.30. The van der Waals surface area contributed by atoms with Crippen molar-refractivity contribution in [1.29, 1.82) is 0 Å². The Balaban J connectivity index is 1.99. The Morgan fingerprint density at radius 1 is 0.629 bits per heavy atom. The first kappa shape index (κ1) is 25.8. The number of esters is 1. The highest BCUT2D eigenvalue weighted by Crippen LogP contribution is 2.56. The number of halogens is 6. The second-order valence-corrected chi connectivity index (χ2v) is 7.52. The number of Topliss-reactive ketones (excluding diaryl/α,β-unsaturated/α-hetero) is 1. The molecule has 0 fully saturated rings. The van der Waals surface area contributed by atoms with Crippen molar-refractivity contribution < 1.29 is 45.4 Å². The molecule has 0 bridgehead atoms. The predicted octanol–water partition coefficient (Wildman–Crippen LogP) is 6.53. The van der Waals surface area contributed by atoms with Crippen LogP contribution in [-0.4, -0.2) is 31.2 Å². The number of rotatable bonds is 6. The van der Waals surface area contributed by atoms with E-state index < -0.39 is 34.9 Å². The number of hydrogen-bond donors (Lipinski definition) is 0. The van der Waals surface area contributed by atoms with Crippen LogP contribution in [0.2, 0.25) is 0 Å². The van der Waals surface area contributed by atoms with Gasteiger partial charge in [0.1, 0.15) is 11.5 Å². The fourth-order valence-corrected chi connectivity index (χ4v) is 3.60. The zero-order valence-corrected chi connectivity index (χ0v) is 18.3. The highest BCUT2D eigenvalue weighted by Gasteiger charge is 2.72. The number of carbonyl (C=O) groups excluding carboxylic acids is 2. The molecule has 10 heteroatoms. The number of hydrogen-bond acceptors (Lipinski definition) is 4. The Morgan fingerprint density at radius 3 is 1.40 bits per heavy atom. The summed E-state index contributed by atoms with van der Waals surface area (Å²) in [6, 6.07) is 11.8. The molecule has 0 aliphatic carbocycles. The van der Waals surface area contributed by atoms with Gasteiger partial charge in [-0.25, -0.2) is 4.79 Å². The Kier molecular flexibility index (Phi) is 6.96. The summed E-state index contributed by atoms with van der Waals surface area (Å²) in [5, 5.41) is 0. The molecule has 0 N–H and O–H groups in total. The molecule has 3 aromatic rings. The number of carbonyl (C=O) groups is 2. The van der Waals surface area contributed by atoms with Gasteiger partial charge in [0, 0.05) is 5.56 Å². The SMILES string of the molecule is COc1ccc(C(c2ccc(OC(=O)c3ccc(C(C)=O)cc3)cc2)(C(F)(F)F)C(F)(F)F)cc1. The van der Waals surface area contributed by atoms with Gasteiger partial charge in [0.15, 0.2) is 5.78 Å². The van der Waals surface area contributed by atoms with Gasteiger partial charge in [0.25, 0.3) is 0 Å². The zero-order valence-electron chi connectivity index (χ0n) is 18.3. The molecule has 0 aromatic heterocycles. The lowest BCUT2D eigenvalue weighted by Gasteiger charge is -2.38. The summed E-state index contributed by atoms with van der Waals surface area (Å²) in [6.45, 7) is 1.34. The monoisotopic (exact) mass is 496 g/mol. The lowest BCUT2D eigenvalue weighted by atomic mass is 9.73. The van der Waals surface area contributed by atoms with E-state index >= 15 is 0 Å². The second kappa shape index (κ2) is 9.44. The van der Waals surface area contributed by atoms with Crippen LogP contribution in [0.15, 0.2) is 72.8 Å². The van der Waals surface area contributed by atoms with Gasteiger partial charge in [-0.2, -0.15) is 26.3 Å². The van der Waals surface area contributed by atoms with Gasteiger partial charge in [0.05, 0.1) is 12.7 Å². The molecule has 0 aliphatic heterocycles. The third kappa shape index (κ3) is 4.87. The van der Waals surface area contributed by atoms with E-state index in [0.717, 1.165) is 24.3 Å². The molecule has 0 amide bonds. The van der Waals surface area contributed by atoms with E-state index in [2.05, 4.69) is 0 Å². The maximum Gasteiger partial charge on any atom is 0.411 e. The quantitative estimate of drug-likeness (QED) is 0.169. The maximum atomic E-state index is 14.2. The van der Waals surface area contributed by atoms with Gasteiger partial charge in [-0.15, -0.1) is 0 Å². The van der Waals surface area contributed by atoms with Crippen LogP contribution in [0.3, 0.4) is 0 Å². The Bertz CT molecular complexity index is 1180. The van der Waals surface area contributed by atoms with E-state index in [0.29, 0.717) is 29.8 Å². The van der Waals surface area contributed by atoms with Crippen molar-refractivity contribution in [3.8, 4) is 11.5 Å². The van der Waals surface area contributed by atoms with E-state index in [-0.39, 0.29) is 22.8 Å². The minimum atomic E-state index is -5.75. The normalized spacial score (nSPS) is 12.2. The van der Waals surface area contributed by atoms with Gasteiger partial charge in [0.2, 0.25) is 5.41 Å². The average molecular weight is 496 g/mol. The molecule has 0 saturated carbocycles.